The zero-order valence-electron chi connectivity index (χ0n) is 10.8. The molecule has 0 radical (unpaired) electrons. The lowest BCUT2D eigenvalue weighted by Gasteiger charge is -2.17. The Kier molecular flexibility index (Phi) is 3.24. The minimum Gasteiger partial charge on any atom is -0.314 e. The van der Waals surface area contributed by atoms with Crippen LogP contribution in [0.3, 0.4) is 0 Å². The quantitative estimate of drug-likeness (QED) is 0.874. The molecular weight excluding hydrogens is 222 g/mol. The van der Waals surface area contributed by atoms with Gasteiger partial charge in [0, 0.05) is 23.2 Å². The molecule has 1 aliphatic rings. The number of rotatable bonds is 5. The second kappa shape index (κ2) is 5.02. The zero-order valence-corrected chi connectivity index (χ0v) is 10.8. The molecule has 3 rings (SSSR count). The third-order valence-electron chi connectivity index (χ3n) is 3.72. The Hall–Kier alpha value is -1.48. The van der Waals surface area contributed by atoms with Crippen molar-refractivity contribution in [3.05, 3.63) is 36.2 Å². The Labute approximate surface area is 108 Å². The van der Waals surface area contributed by atoms with Crippen LogP contribution in [-0.4, -0.2) is 22.8 Å². The number of benzene rings is 1. The fourth-order valence-corrected chi connectivity index (χ4v) is 2.61. The number of nitrogens with zero attached hydrogens (tertiary/aromatic N) is 2. The molecule has 1 aromatic carbocycles. The normalized spacial score (nSPS) is 16.9. The summed E-state index contributed by atoms with van der Waals surface area (Å²) < 4.78 is 0. The van der Waals surface area contributed by atoms with E-state index in [0.717, 1.165) is 24.6 Å². The van der Waals surface area contributed by atoms with Gasteiger partial charge < -0.3 is 5.32 Å². The second-order valence-electron chi connectivity index (χ2n) is 5.08. The molecule has 0 bridgehead atoms. The van der Waals surface area contributed by atoms with E-state index in [1.54, 1.807) is 0 Å². The summed E-state index contributed by atoms with van der Waals surface area (Å²) in [6, 6.07) is 8.95. The molecule has 0 saturated heterocycles. The van der Waals surface area contributed by atoms with Gasteiger partial charge in [-0.15, -0.1) is 0 Å². The van der Waals surface area contributed by atoms with Crippen LogP contribution in [0.25, 0.3) is 10.8 Å². The van der Waals surface area contributed by atoms with Crippen LogP contribution in [0.4, 0.5) is 0 Å². The minimum absolute atomic E-state index is 0.565. The zero-order chi connectivity index (χ0) is 12.4. The topological polar surface area (TPSA) is 37.8 Å². The Morgan fingerprint density at radius 1 is 1.33 bits per heavy atom. The van der Waals surface area contributed by atoms with E-state index in [1.807, 2.05) is 6.20 Å². The highest BCUT2D eigenvalue weighted by atomic mass is 15.1. The van der Waals surface area contributed by atoms with E-state index in [-0.39, 0.29) is 0 Å². The molecule has 1 fully saturated rings. The SMILES string of the molecule is CCNC(Cc1nncc2ccccc12)C1CC1. The van der Waals surface area contributed by atoms with Crippen LogP contribution >= 0.6 is 0 Å². The van der Waals surface area contributed by atoms with Crippen LogP contribution in [-0.2, 0) is 6.42 Å². The number of aromatic nitrogens is 2. The van der Waals surface area contributed by atoms with Crippen molar-refractivity contribution in [3.8, 4) is 0 Å². The highest BCUT2D eigenvalue weighted by molar-refractivity contribution is 5.83. The maximum atomic E-state index is 4.35. The molecule has 0 aliphatic heterocycles. The molecule has 3 heteroatoms. The van der Waals surface area contributed by atoms with Gasteiger partial charge in [-0.3, -0.25) is 0 Å². The van der Waals surface area contributed by atoms with Gasteiger partial charge >= 0.3 is 0 Å². The van der Waals surface area contributed by atoms with Crippen LogP contribution in [0.1, 0.15) is 25.5 Å². The highest BCUT2D eigenvalue weighted by Crippen LogP contribution is 2.34. The first kappa shape index (κ1) is 11.6. The van der Waals surface area contributed by atoms with E-state index in [1.165, 1.54) is 23.6 Å². The molecule has 94 valence electrons. The van der Waals surface area contributed by atoms with Crippen LogP contribution in [0.5, 0.6) is 0 Å². The number of hydrogen-bond acceptors (Lipinski definition) is 3. The molecular formula is C15H19N3. The standard InChI is InChI=1S/C15H19N3/c1-2-16-14(11-7-8-11)9-15-13-6-4-3-5-12(13)10-17-18-15/h3-6,10-11,14,16H,2,7-9H2,1H3. The van der Waals surface area contributed by atoms with Crippen LogP contribution in [0.2, 0.25) is 0 Å². The summed E-state index contributed by atoms with van der Waals surface area (Å²) in [5, 5.41) is 14.5. The van der Waals surface area contributed by atoms with Crippen molar-refractivity contribution in [1.29, 1.82) is 0 Å². The molecule has 1 N–H and O–H groups in total. The summed E-state index contributed by atoms with van der Waals surface area (Å²) in [5.41, 5.74) is 1.13. The minimum atomic E-state index is 0.565. The lowest BCUT2D eigenvalue weighted by atomic mass is 10.0. The van der Waals surface area contributed by atoms with Crippen molar-refractivity contribution in [3.63, 3.8) is 0 Å². The Bertz CT molecular complexity index is 529. The van der Waals surface area contributed by atoms with E-state index >= 15 is 0 Å². The molecule has 0 amide bonds. The van der Waals surface area contributed by atoms with Gasteiger partial charge in [-0.05, 0) is 25.3 Å². The van der Waals surface area contributed by atoms with E-state index < -0.39 is 0 Å². The smallest absolute Gasteiger partial charge is 0.0724 e. The lowest BCUT2D eigenvalue weighted by Crippen LogP contribution is -2.33. The highest BCUT2D eigenvalue weighted by Gasteiger charge is 2.31. The van der Waals surface area contributed by atoms with Gasteiger partial charge in [0.2, 0.25) is 0 Å². The predicted molar refractivity (Wildman–Crippen MR) is 73.4 cm³/mol. The first-order chi connectivity index (χ1) is 8.88. The largest absolute Gasteiger partial charge is 0.314 e. The molecule has 1 aliphatic carbocycles. The molecule has 1 aromatic heterocycles. The summed E-state index contributed by atoms with van der Waals surface area (Å²) in [7, 11) is 0. The number of likely N-dealkylation sites (N-methyl/N-ethyl adjacent to an activating group) is 1. The van der Waals surface area contributed by atoms with Gasteiger partial charge in [-0.25, -0.2) is 0 Å². The van der Waals surface area contributed by atoms with Crippen molar-refractivity contribution in [1.82, 2.24) is 15.5 Å². The number of nitrogens with one attached hydrogen (secondary N) is 1. The molecule has 3 nitrogen and oxygen atoms in total. The summed E-state index contributed by atoms with van der Waals surface area (Å²) in [6.45, 7) is 3.20. The average molecular weight is 241 g/mol. The summed E-state index contributed by atoms with van der Waals surface area (Å²) >= 11 is 0. The maximum Gasteiger partial charge on any atom is 0.0724 e. The molecule has 0 spiro atoms. The molecule has 1 saturated carbocycles. The van der Waals surface area contributed by atoms with Crippen molar-refractivity contribution in [2.75, 3.05) is 6.54 Å². The summed E-state index contributed by atoms with van der Waals surface area (Å²) in [5.74, 6) is 0.839. The van der Waals surface area contributed by atoms with E-state index in [9.17, 15) is 0 Å². The fourth-order valence-electron chi connectivity index (χ4n) is 2.61. The van der Waals surface area contributed by atoms with Gasteiger partial charge in [-0.2, -0.15) is 10.2 Å². The maximum absolute atomic E-state index is 4.35. The summed E-state index contributed by atoms with van der Waals surface area (Å²) in [4.78, 5) is 0. The Balaban J connectivity index is 1.88. The summed E-state index contributed by atoms with van der Waals surface area (Å²) in [6.07, 6.45) is 5.55. The number of hydrogen-bond donors (Lipinski definition) is 1. The van der Waals surface area contributed by atoms with Gasteiger partial charge in [0.15, 0.2) is 0 Å². The van der Waals surface area contributed by atoms with Gasteiger partial charge in [0.25, 0.3) is 0 Å². The predicted octanol–water partition coefficient (Wildman–Crippen LogP) is 2.56. The molecule has 1 atom stereocenters. The monoisotopic (exact) mass is 241 g/mol. The molecule has 2 aromatic rings. The average Bonchev–Trinajstić information content (AvgIpc) is 3.23. The third kappa shape index (κ3) is 2.36. The fraction of sp³-hybridized carbons (Fsp3) is 0.467. The molecule has 1 unspecified atom stereocenters. The first-order valence-electron chi connectivity index (χ1n) is 6.81. The van der Waals surface area contributed by atoms with E-state index in [2.05, 4.69) is 46.7 Å². The van der Waals surface area contributed by atoms with Crippen LogP contribution in [0, 0.1) is 5.92 Å². The van der Waals surface area contributed by atoms with Gasteiger partial charge in [0.1, 0.15) is 0 Å². The van der Waals surface area contributed by atoms with Crippen molar-refractivity contribution >= 4 is 10.8 Å². The molecule has 1 heterocycles. The second-order valence-corrected chi connectivity index (χ2v) is 5.08. The van der Waals surface area contributed by atoms with E-state index in [4.69, 9.17) is 0 Å². The van der Waals surface area contributed by atoms with Gasteiger partial charge in [0.05, 0.1) is 11.9 Å². The first-order valence-corrected chi connectivity index (χ1v) is 6.81. The van der Waals surface area contributed by atoms with E-state index in [0.29, 0.717) is 6.04 Å². The third-order valence-corrected chi connectivity index (χ3v) is 3.72. The van der Waals surface area contributed by atoms with Gasteiger partial charge in [-0.1, -0.05) is 31.2 Å². The van der Waals surface area contributed by atoms with Crippen LogP contribution in [0.15, 0.2) is 30.5 Å². The lowest BCUT2D eigenvalue weighted by molar-refractivity contribution is 0.468. The Morgan fingerprint density at radius 2 is 2.17 bits per heavy atom. The van der Waals surface area contributed by atoms with Crippen LogP contribution < -0.4 is 5.32 Å². The molecule has 18 heavy (non-hydrogen) atoms. The van der Waals surface area contributed by atoms with Crippen molar-refractivity contribution in [2.45, 2.75) is 32.2 Å². The Morgan fingerprint density at radius 3 is 2.94 bits per heavy atom. The van der Waals surface area contributed by atoms with Crippen molar-refractivity contribution < 1.29 is 0 Å². The van der Waals surface area contributed by atoms with Crippen molar-refractivity contribution in [2.24, 2.45) is 5.92 Å². The number of fused-ring (bicyclic) bond motifs is 1.